The van der Waals surface area contributed by atoms with Crippen molar-refractivity contribution in [2.45, 2.75) is 32.6 Å². The first-order chi connectivity index (χ1) is 15.0. The Morgan fingerprint density at radius 1 is 1.38 bits per heavy atom. The van der Waals surface area contributed by atoms with Crippen LogP contribution in [-0.4, -0.2) is 57.8 Å². The van der Waals surface area contributed by atoms with Crippen molar-refractivity contribution in [1.82, 2.24) is 14.8 Å². The second kappa shape index (κ2) is 9.24. The highest BCUT2D eigenvalue weighted by molar-refractivity contribution is 6.05. The van der Waals surface area contributed by atoms with Crippen molar-refractivity contribution >= 4 is 29.2 Å². The van der Waals surface area contributed by atoms with Crippen LogP contribution in [0.4, 0.5) is 24.7 Å². The van der Waals surface area contributed by atoms with E-state index in [1.807, 2.05) is 13.8 Å². The number of nitrogens with zero attached hydrogens (tertiary/aromatic N) is 4. The van der Waals surface area contributed by atoms with Gasteiger partial charge in [-0.2, -0.15) is 18.3 Å². The number of anilines is 2. The fraction of sp³-hybridized carbons (Fsp3) is 0.421. The van der Waals surface area contributed by atoms with Gasteiger partial charge in [0.1, 0.15) is 19.0 Å². The molecule has 0 radical (unpaired) electrons. The molecule has 0 saturated heterocycles. The first-order valence-electron chi connectivity index (χ1n) is 9.67. The van der Waals surface area contributed by atoms with Crippen LogP contribution in [0.2, 0.25) is 0 Å². The number of nitrogens with one attached hydrogen (secondary N) is 2. The molecule has 3 rings (SSSR count). The minimum Gasteiger partial charge on any atom is -0.475 e. The van der Waals surface area contributed by atoms with Gasteiger partial charge in [-0.3, -0.25) is 14.3 Å². The molecule has 2 amide bonds. The Hall–Kier alpha value is -3.64. The van der Waals surface area contributed by atoms with Crippen LogP contribution in [-0.2, 0) is 16.1 Å². The van der Waals surface area contributed by atoms with Gasteiger partial charge in [0.15, 0.2) is 11.7 Å². The molecule has 1 atom stereocenters. The van der Waals surface area contributed by atoms with Crippen LogP contribution in [0.1, 0.15) is 29.9 Å². The van der Waals surface area contributed by atoms with Crippen molar-refractivity contribution in [1.29, 1.82) is 0 Å². The zero-order valence-corrected chi connectivity index (χ0v) is 17.3. The Balaban J connectivity index is 1.71. The molecule has 172 valence electrons. The van der Waals surface area contributed by atoms with E-state index in [2.05, 4.69) is 25.7 Å². The molecule has 1 aliphatic rings. The number of hydrogen-bond donors (Lipinski definition) is 3. The summed E-state index contributed by atoms with van der Waals surface area (Å²) in [5.74, 6) is -0.997. The lowest BCUT2D eigenvalue weighted by Gasteiger charge is -2.09. The Kier molecular flexibility index (Phi) is 6.65. The molecule has 2 aromatic rings. The van der Waals surface area contributed by atoms with Crippen LogP contribution >= 0.6 is 0 Å². The van der Waals surface area contributed by atoms with E-state index in [1.54, 1.807) is 0 Å². The fourth-order valence-corrected chi connectivity index (χ4v) is 2.90. The molecule has 4 N–H and O–H groups in total. The molecule has 13 heteroatoms. The summed E-state index contributed by atoms with van der Waals surface area (Å²) >= 11 is 0. The maximum atomic E-state index is 12.6. The molecule has 10 nitrogen and oxygen atoms in total. The van der Waals surface area contributed by atoms with Crippen molar-refractivity contribution < 1.29 is 27.5 Å². The number of nitrogens with two attached hydrogens (primary N) is 1. The molecule has 0 fully saturated rings. The monoisotopic (exact) mass is 453 g/mol. The molecule has 3 heterocycles. The summed E-state index contributed by atoms with van der Waals surface area (Å²) in [5.41, 5.74) is 5.80. The fourth-order valence-electron chi connectivity index (χ4n) is 2.90. The maximum Gasteiger partial charge on any atom is 0.405 e. The van der Waals surface area contributed by atoms with E-state index >= 15 is 0 Å². The number of aliphatic imine (C=N–C) groups is 1. The van der Waals surface area contributed by atoms with Crippen LogP contribution in [0, 0.1) is 5.92 Å². The summed E-state index contributed by atoms with van der Waals surface area (Å²) in [6, 6.07) is 1.91. The molecule has 0 aromatic carbocycles. The van der Waals surface area contributed by atoms with E-state index < -0.39 is 30.6 Å². The van der Waals surface area contributed by atoms with E-state index in [-0.39, 0.29) is 35.6 Å². The summed E-state index contributed by atoms with van der Waals surface area (Å²) in [5, 5.41) is 8.86. The summed E-state index contributed by atoms with van der Waals surface area (Å²) in [6.07, 6.45) is -1.58. The Morgan fingerprint density at radius 2 is 2.12 bits per heavy atom. The zero-order valence-electron chi connectivity index (χ0n) is 17.3. The van der Waals surface area contributed by atoms with Gasteiger partial charge in [-0.05, 0) is 18.1 Å². The van der Waals surface area contributed by atoms with E-state index in [4.69, 9.17) is 10.5 Å². The number of hydrogen-bond acceptors (Lipinski definition) is 7. The third-order valence-corrected chi connectivity index (χ3v) is 4.24. The minimum absolute atomic E-state index is 0.0114. The first-order valence-corrected chi connectivity index (χ1v) is 9.67. The molecule has 0 aliphatic carbocycles. The topological polar surface area (TPSA) is 137 Å². The lowest BCUT2D eigenvalue weighted by Crippen LogP contribution is -2.28. The van der Waals surface area contributed by atoms with Crippen molar-refractivity contribution in [3.63, 3.8) is 0 Å². The largest absolute Gasteiger partial charge is 0.475 e. The van der Waals surface area contributed by atoms with Gasteiger partial charge in [0.2, 0.25) is 5.90 Å². The van der Waals surface area contributed by atoms with Gasteiger partial charge in [0.25, 0.3) is 11.8 Å². The molecule has 1 unspecified atom stereocenters. The van der Waals surface area contributed by atoms with Crippen LogP contribution in [0.25, 0.3) is 0 Å². The normalized spacial score (nSPS) is 15.9. The van der Waals surface area contributed by atoms with Gasteiger partial charge in [0, 0.05) is 24.5 Å². The SMILES string of the molecule is CC(C)Cn1cc(NC(=O)C2COC(c3ccnc(NCC(F)(F)F)c3)=N2)c(C(N)=O)n1. The van der Waals surface area contributed by atoms with Gasteiger partial charge in [0.05, 0.1) is 5.69 Å². The summed E-state index contributed by atoms with van der Waals surface area (Å²) in [4.78, 5) is 32.3. The van der Waals surface area contributed by atoms with Crippen LogP contribution in [0.3, 0.4) is 0 Å². The number of pyridine rings is 1. The van der Waals surface area contributed by atoms with Crippen molar-refractivity contribution in [3.05, 3.63) is 35.8 Å². The van der Waals surface area contributed by atoms with E-state index in [9.17, 15) is 22.8 Å². The number of rotatable bonds is 8. The van der Waals surface area contributed by atoms with Crippen LogP contribution in [0.15, 0.2) is 29.5 Å². The number of alkyl halides is 3. The molecular formula is C19H22F3N7O3. The molecule has 0 bridgehead atoms. The van der Waals surface area contributed by atoms with Crippen LogP contribution < -0.4 is 16.4 Å². The predicted molar refractivity (Wildman–Crippen MR) is 109 cm³/mol. The van der Waals surface area contributed by atoms with Crippen LogP contribution in [0.5, 0.6) is 0 Å². The standard InChI is InChI=1S/C19H22F3N7O3/c1-10(2)6-29-7-12(15(28-29)16(23)30)26-17(31)13-8-32-18(27-13)11-3-4-24-14(5-11)25-9-19(20,21)22/h3-5,7,10,13H,6,8-9H2,1-2H3,(H2,23,30)(H,24,25)(H,26,31). The van der Waals surface area contributed by atoms with E-state index in [0.717, 1.165) is 0 Å². The zero-order chi connectivity index (χ0) is 23.5. The first kappa shape index (κ1) is 23.0. The van der Waals surface area contributed by atoms with Gasteiger partial charge in [-0.25, -0.2) is 9.98 Å². The molecule has 0 spiro atoms. The Bertz CT molecular complexity index is 1030. The van der Waals surface area contributed by atoms with Crippen molar-refractivity contribution in [3.8, 4) is 0 Å². The number of carbonyl (C=O) groups excluding carboxylic acids is 2. The maximum absolute atomic E-state index is 12.6. The highest BCUT2D eigenvalue weighted by atomic mass is 19.4. The second-order valence-electron chi connectivity index (χ2n) is 7.52. The summed E-state index contributed by atoms with van der Waals surface area (Å²) < 4.78 is 44.1. The van der Waals surface area contributed by atoms with Gasteiger partial charge in [-0.15, -0.1) is 0 Å². The third-order valence-electron chi connectivity index (χ3n) is 4.24. The molecule has 32 heavy (non-hydrogen) atoms. The number of aromatic nitrogens is 3. The smallest absolute Gasteiger partial charge is 0.405 e. The molecule has 1 aliphatic heterocycles. The quantitative estimate of drug-likeness (QED) is 0.558. The lowest BCUT2D eigenvalue weighted by atomic mass is 10.2. The van der Waals surface area contributed by atoms with Gasteiger partial charge in [-0.1, -0.05) is 13.8 Å². The number of primary amides is 1. The Morgan fingerprint density at radius 3 is 2.78 bits per heavy atom. The minimum atomic E-state index is -4.39. The van der Waals surface area contributed by atoms with E-state index in [0.29, 0.717) is 12.1 Å². The highest BCUT2D eigenvalue weighted by Gasteiger charge is 2.29. The summed E-state index contributed by atoms with van der Waals surface area (Å²) in [6.45, 7) is 3.14. The second-order valence-corrected chi connectivity index (χ2v) is 7.52. The number of amides is 2. The lowest BCUT2D eigenvalue weighted by molar-refractivity contribution is -0.117. The Labute approximate surface area is 181 Å². The van der Waals surface area contributed by atoms with Gasteiger partial charge >= 0.3 is 6.18 Å². The highest BCUT2D eigenvalue weighted by Crippen LogP contribution is 2.20. The molecule has 2 aromatic heterocycles. The number of ether oxygens (including phenoxy) is 1. The van der Waals surface area contributed by atoms with Crippen molar-refractivity contribution in [2.75, 3.05) is 23.8 Å². The average Bonchev–Trinajstić information content (AvgIpc) is 3.33. The predicted octanol–water partition coefficient (Wildman–Crippen LogP) is 1.79. The van der Waals surface area contributed by atoms with Crippen molar-refractivity contribution in [2.24, 2.45) is 16.6 Å². The molecular weight excluding hydrogens is 431 g/mol. The molecule has 0 saturated carbocycles. The number of carbonyl (C=O) groups is 2. The van der Waals surface area contributed by atoms with Gasteiger partial charge < -0.3 is 21.1 Å². The average molecular weight is 453 g/mol. The van der Waals surface area contributed by atoms with E-state index in [1.165, 1.54) is 29.2 Å². The number of halogens is 3. The third kappa shape index (κ3) is 5.95. The summed E-state index contributed by atoms with van der Waals surface area (Å²) in [7, 11) is 0.